The van der Waals surface area contributed by atoms with Crippen LogP contribution in [0.4, 0.5) is 14.6 Å². The zero-order valence-corrected chi connectivity index (χ0v) is 15.8. The molecular formula is C21H15F2N7. The zero-order chi connectivity index (χ0) is 20.7. The summed E-state index contributed by atoms with van der Waals surface area (Å²) < 4.78 is 27.8. The largest absolute Gasteiger partial charge is 0.360 e. The van der Waals surface area contributed by atoms with Gasteiger partial charge in [0.05, 0.1) is 34.8 Å². The highest BCUT2D eigenvalue weighted by atomic mass is 19.1. The van der Waals surface area contributed by atoms with Gasteiger partial charge in [-0.3, -0.25) is 0 Å². The highest BCUT2D eigenvalue weighted by Crippen LogP contribution is 2.30. The Balaban J connectivity index is 1.65. The number of nitrogens with one attached hydrogen (secondary N) is 2. The van der Waals surface area contributed by atoms with Gasteiger partial charge < -0.3 is 10.3 Å². The smallest absolute Gasteiger partial charge is 0.162 e. The highest BCUT2D eigenvalue weighted by Gasteiger charge is 2.20. The summed E-state index contributed by atoms with van der Waals surface area (Å²) in [5.74, 6) is -0.846. The Bertz CT molecular complexity index is 1360. The van der Waals surface area contributed by atoms with Crippen molar-refractivity contribution in [2.45, 2.75) is 13.0 Å². The summed E-state index contributed by atoms with van der Waals surface area (Å²) >= 11 is 0. The maximum absolute atomic E-state index is 13.9. The van der Waals surface area contributed by atoms with Crippen molar-refractivity contribution in [2.24, 2.45) is 0 Å². The van der Waals surface area contributed by atoms with Crippen LogP contribution in [0.1, 0.15) is 18.7 Å². The van der Waals surface area contributed by atoms with E-state index < -0.39 is 17.7 Å². The first-order valence-corrected chi connectivity index (χ1v) is 9.22. The van der Waals surface area contributed by atoms with Gasteiger partial charge in [-0.2, -0.15) is 0 Å². The molecule has 0 spiro atoms. The number of anilines is 1. The summed E-state index contributed by atoms with van der Waals surface area (Å²) in [5.41, 5.74) is 3.70. The van der Waals surface area contributed by atoms with Gasteiger partial charge in [-0.1, -0.05) is 12.1 Å². The normalized spacial score (nSPS) is 12.4. The van der Waals surface area contributed by atoms with Crippen LogP contribution in [0.15, 0.2) is 55.1 Å². The third-order valence-corrected chi connectivity index (χ3v) is 4.71. The van der Waals surface area contributed by atoms with Crippen LogP contribution in [0, 0.1) is 11.6 Å². The number of rotatable bonds is 4. The Morgan fingerprint density at radius 3 is 2.43 bits per heavy atom. The molecule has 5 rings (SSSR count). The van der Waals surface area contributed by atoms with E-state index in [-0.39, 0.29) is 0 Å². The third kappa shape index (κ3) is 3.20. The number of fused-ring (bicyclic) bond motifs is 2. The molecule has 0 bridgehead atoms. The standard InChI is InChI=1S/C21H15F2N7/c1-11(28-21-19-20(25-9-24-19)26-10-27-21)17-18(12-6-13(22)8-14(23)7-12)30-16-5-3-2-4-15(16)29-17/h2-11H,1H3,(H2,24,25,26,27,28). The lowest BCUT2D eigenvalue weighted by atomic mass is 10.0. The molecule has 148 valence electrons. The minimum atomic E-state index is -0.680. The van der Waals surface area contributed by atoms with Gasteiger partial charge in [0.25, 0.3) is 0 Å². The van der Waals surface area contributed by atoms with E-state index in [1.54, 1.807) is 6.07 Å². The molecule has 3 heterocycles. The number of halogens is 2. The van der Waals surface area contributed by atoms with E-state index in [1.165, 1.54) is 24.8 Å². The van der Waals surface area contributed by atoms with Crippen molar-refractivity contribution in [1.29, 1.82) is 0 Å². The molecular weight excluding hydrogens is 388 g/mol. The molecule has 5 aromatic rings. The predicted octanol–water partition coefficient (Wildman–Crippen LogP) is 4.41. The first-order valence-electron chi connectivity index (χ1n) is 9.22. The molecule has 0 amide bonds. The Hall–Kier alpha value is -4.01. The van der Waals surface area contributed by atoms with Crippen LogP contribution < -0.4 is 5.32 Å². The van der Waals surface area contributed by atoms with Crippen molar-refractivity contribution >= 4 is 28.0 Å². The second-order valence-electron chi connectivity index (χ2n) is 6.79. The minimum Gasteiger partial charge on any atom is -0.360 e. The van der Waals surface area contributed by atoms with Crippen LogP contribution in [-0.2, 0) is 0 Å². The molecule has 1 atom stereocenters. The fourth-order valence-corrected chi connectivity index (χ4v) is 3.36. The average Bonchev–Trinajstić information content (AvgIpc) is 3.22. The molecule has 0 aliphatic carbocycles. The summed E-state index contributed by atoms with van der Waals surface area (Å²) in [5, 5.41) is 3.27. The third-order valence-electron chi connectivity index (χ3n) is 4.71. The second-order valence-corrected chi connectivity index (χ2v) is 6.79. The number of imidazole rings is 1. The van der Waals surface area contributed by atoms with Gasteiger partial charge in [-0.25, -0.2) is 33.7 Å². The van der Waals surface area contributed by atoms with Crippen molar-refractivity contribution in [2.75, 3.05) is 5.32 Å². The summed E-state index contributed by atoms with van der Waals surface area (Å²) in [6.07, 6.45) is 2.95. The van der Waals surface area contributed by atoms with E-state index in [9.17, 15) is 8.78 Å². The van der Waals surface area contributed by atoms with E-state index in [2.05, 4.69) is 30.2 Å². The van der Waals surface area contributed by atoms with Crippen LogP contribution in [0.2, 0.25) is 0 Å². The fraction of sp³-hybridized carbons (Fsp3) is 0.0952. The molecule has 0 aliphatic heterocycles. The monoisotopic (exact) mass is 403 g/mol. The van der Waals surface area contributed by atoms with Gasteiger partial charge in [0.1, 0.15) is 23.5 Å². The first kappa shape index (κ1) is 18.0. The molecule has 3 aromatic heterocycles. The van der Waals surface area contributed by atoms with Crippen molar-refractivity contribution in [3.8, 4) is 11.3 Å². The van der Waals surface area contributed by atoms with Crippen molar-refractivity contribution < 1.29 is 8.78 Å². The van der Waals surface area contributed by atoms with Crippen LogP contribution in [0.5, 0.6) is 0 Å². The number of aromatic nitrogens is 6. The number of hydrogen-bond donors (Lipinski definition) is 2. The van der Waals surface area contributed by atoms with Crippen molar-refractivity contribution in [3.05, 3.63) is 72.4 Å². The highest BCUT2D eigenvalue weighted by molar-refractivity contribution is 5.83. The van der Waals surface area contributed by atoms with E-state index in [0.717, 1.165) is 6.07 Å². The maximum Gasteiger partial charge on any atom is 0.162 e. The van der Waals surface area contributed by atoms with Crippen LogP contribution in [-0.4, -0.2) is 29.9 Å². The van der Waals surface area contributed by atoms with E-state index in [4.69, 9.17) is 4.98 Å². The number of aromatic amines is 1. The van der Waals surface area contributed by atoms with Crippen molar-refractivity contribution in [1.82, 2.24) is 29.9 Å². The van der Waals surface area contributed by atoms with Crippen LogP contribution >= 0.6 is 0 Å². The molecule has 2 N–H and O–H groups in total. The number of benzene rings is 2. The molecule has 9 heteroatoms. The Morgan fingerprint density at radius 1 is 0.933 bits per heavy atom. The molecule has 0 aliphatic rings. The summed E-state index contributed by atoms with van der Waals surface area (Å²) in [6, 6.07) is 10.3. The summed E-state index contributed by atoms with van der Waals surface area (Å²) in [7, 11) is 0. The number of para-hydroxylation sites is 2. The summed E-state index contributed by atoms with van der Waals surface area (Å²) in [6.45, 7) is 1.87. The Labute approximate surface area is 169 Å². The van der Waals surface area contributed by atoms with E-state index >= 15 is 0 Å². The lowest BCUT2D eigenvalue weighted by molar-refractivity contribution is 0.584. The van der Waals surface area contributed by atoms with Crippen LogP contribution in [0.25, 0.3) is 33.5 Å². The van der Waals surface area contributed by atoms with Gasteiger partial charge in [0.2, 0.25) is 0 Å². The van der Waals surface area contributed by atoms with Gasteiger partial charge >= 0.3 is 0 Å². The van der Waals surface area contributed by atoms with E-state index in [0.29, 0.717) is 45.0 Å². The lowest BCUT2D eigenvalue weighted by Crippen LogP contribution is -2.13. The maximum atomic E-state index is 13.9. The zero-order valence-electron chi connectivity index (χ0n) is 15.8. The fourth-order valence-electron chi connectivity index (χ4n) is 3.36. The van der Waals surface area contributed by atoms with Crippen LogP contribution in [0.3, 0.4) is 0 Å². The Kier molecular flexibility index (Phi) is 4.27. The van der Waals surface area contributed by atoms with Gasteiger partial charge in [0.15, 0.2) is 11.5 Å². The molecule has 0 fully saturated rings. The van der Waals surface area contributed by atoms with Gasteiger partial charge in [-0.15, -0.1) is 0 Å². The molecule has 0 radical (unpaired) electrons. The molecule has 0 saturated heterocycles. The Morgan fingerprint density at radius 2 is 1.67 bits per heavy atom. The molecule has 7 nitrogen and oxygen atoms in total. The molecule has 2 aromatic carbocycles. The number of nitrogens with zero attached hydrogens (tertiary/aromatic N) is 5. The molecule has 30 heavy (non-hydrogen) atoms. The molecule has 0 saturated carbocycles. The first-order chi connectivity index (χ1) is 14.6. The van der Waals surface area contributed by atoms with Gasteiger partial charge in [-0.05, 0) is 31.2 Å². The average molecular weight is 403 g/mol. The van der Waals surface area contributed by atoms with E-state index in [1.807, 2.05) is 25.1 Å². The number of H-pyrrole nitrogens is 1. The SMILES string of the molecule is CC(Nc1ncnc2[nH]cnc12)c1nc2ccccc2nc1-c1cc(F)cc(F)c1. The topological polar surface area (TPSA) is 92.3 Å². The summed E-state index contributed by atoms with van der Waals surface area (Å²) in [4.78, 5) is 25.0. The molecule has 1 unspecified atom stereocenters. The quantitative estimate of drug-likeness (QED) is 0.462. The minimum absolute atomic E-state index is 0.307. The lowest BCUT2D eigenvalue weighted by Gasteiger charge is -2.18. The predicted molar refractivity (Wildman–Crippen MR) is 109 cm³/mol. The van der Waals surface area contributed by atoms with Gasteiger partial charge in [0, 0.05) is 11.6 Å². The van der Waals surface area contributed by atoms with Crippen molar-refractivity contribution in [3.63, 3.8) is 0 Å². The second kappa shape index (κ2) is 7.11. The number of hydrogen-bond acceptors (Lipinski definition) is 6.